The summed E-state index contributed by atoms with van der Waals surface area (Å²) in [5.74, 6) is 1.80. The highest BCUT2D eigenvalue weighted by atomic mass is 16.5. The molecule has 7 nitrogen and oxygen atoms in total. The fourth-order valence-electron chi connectivity index (χ4n) is 3.65. The van der Waals surface area contributed by atoms with Crippen molar-refractivity contribution in [1.29, 1.82) is 0 Å². The molecular weight excluding hydrogens is 420 g/mol. The summed E-state index contributed by atoms with van der Waals surface area (Å²) in [7, 11) is 4.70. The van der Waals surface area contributed by atoms with Crippen LogP contribution < -0.4 is 9.47 Å². The van der Waals surface area contributed by atoms with Crippen molar-refractivity contribution in [2.45, 2.75) is 13.0 Å². The molecule has 0 bridgehead atoms. The predicted molar refractivity (Wildman–Crippen MR) is 124 cm³/mol. The molecule has 4 rings (SSSR count). The van der Waals surface area contributed by atoms with Crippen molar-refractivity contribution in [2.24, 2.45) is 0 Å². The number of Topliss-reactive ketones (excluding diaryl/α,β-unsaturated/α-hetero) is 1. The van der Waals surface area contributed by atoms with Gasteiger partial charge in [0, 0.05) is 36.2 Å². The molecule has 0 fully saturated rings. The zero-order chi connectivity index (χ0) is 23.4. The second-order valence-electron chi connectivity index (χ2n) is 7.36. The van der Waals surface area contributed by atoms with E-state index in [9.17, 15) is 4.79 Å². The molecule has 0 saturated heterocycles. The van der Waals surface area contributed by atoms with Crippen molar-refractivity contribution < 1.29 is 23.4 Å². The maximum absolute atomic E-state index is 13.2. The monoisotopic (exact) mass is 444 g/mol. The smallest absolute Gasteiger partial charge is 0.231 e. The van der Waals surface area contributed by atoms with Gasteiger partial charge in [-0.2, -0.15) is 0 Å². The molecule has 0 N–H and O–H groups in total. The maximum Gasteiger partial charge on any atom is 0.231 e. The van der Waals surface area contributed by atoms with Crippen LogP contribution in [0.25, 0.3) is 22.6 Å². The van der Waals surface area contributed by atoms with E-state index in [2.05, 4.69) is 9.97 Å². The zero-order valence-electron chi connectivity index (χ0n) is 18.9. The fourth-order valence-corrected chi connectivity index (χ4v) is 3.65. The number of hydrogen-bond acceptors (Lipinski definition) is 7. The van der Waals surface area contributed by atoms with E-state index in [1.165, 1.54) is 7.11 Å². The Kier molecular flexibility index (Phi) is 6.51. The van der Waals surface area contributed by atoms with E-state index in [-0.39, 0.29) is 11.5 Å². The second-order valence-corrected chi connectivity index (χ2v) is 7.36. The first-order valence-corrected chi connectivity index (χ1v) is 10.3. The number of carbonyl (C=O) groups is 1. The number of hydrogen-bond donors (Lipinski definition) is 0. The van der Waals surface area contributed by atoms with Gasteiger partial charge in [-0.25, -0.2) is 0 Å². The van der Waals surface area contributed by atoms with Crippen LogP contribution in [-0.4, -0.2) is 37.1 Å². The Morgan fingerprint density at radius 2 is 1.61 bits per heavy atom. The van der Waals surface area contributed by atoms with Crippen molar-refractivity contribution >= 4 is 5.78 Å². The van der Waals surface area contributed by atoms with Crippen LogP contribution in [-0.2, 0) is 4.74 Å². The van der Waals surface area contributed by atoms with Gasteiger partial charge in [0.2, 0.25) is 5.78 Å². The molecule has 0 saturated carbocycles. The Balaban J connectivity index is 1.59. The van der Waals surface area contributed by atoms with Gasteiger partial charge in [0.15, 0.2) is 5.76 Å². The molecule has 0 aliphatic heterocycles. The molecule has 0 aliphatic carbocycles. The number of furan rings is 1. The summed E-state index contributed by atoms with van der Waals surface area (Å²) in [6, 6.07) is 14.6. The van der Waals surface area contributed by atoms with Crippen LogP contribution in [0, 0.1) is 6.92 Å². The molecule has 4 aromatic rings. The zero-order valence-corrected chi connectivity index (χ0v) is 18.9. The van der Waals surface area contributed by atoms with Crippen molar-refractivity contribution in [3.63, 3.8) is 0 Å². The third-order valence-corrected chi connectivity index (χ3v) is 5.43. The average Bonchev–Trinajstić information content (AvgIpc) is 3.36. The summed E-state index contributed by atoms with van der Waals surface area (Å²) in [4.78, 5) is 21.6. The largest absolute Gasteiger partial charge is 0.496 e. The van der Waals surface area contributed by atoms with Crippen LogP contribution in [0.15, 0.2) is 71.5 Å². The molecule has 33 heavy (non-hydrogen) atoms. The summed E-state index contributed by atoms with van der Waals surface area (Å²) in [5.41, 5.74) is 4.00. The lowest BCUT2D eigenvalue weighted by molar-refractivity contribution is 0.0577. The molecule has 1 unspecified atom stereocenters. The molecule has 2 aromatic carbocycles. The lowest BCUT2D eigenvalue weighted by atomic mass is 10.0. The summed E-state index contributed by atoms with van der Waals surface area (Å²) in [6.45, 7) is 1.91. The minimum Gasteiger partial charge on any atom is -0.496 e. The van der Waals surface area contributed by atoms with Crippen molar-refractivity contribution in [3.8, 4) is 34.1 Å². The standard InChI is InChI=1S/C26H24N2O5/c1-16-23(30-2)13-19(14-24(16)31-3)21-9-10-22(33-21)25(29)26(32-4)18-7-5-17(6-8-18)20-15-27-11-12-28-20/h5-15,26H,1-4H3. The Morgan fingerprint density at radius 3 is 2.18 bits per heavy atom. The van der Waals surface area contributed by atoms with Gasteiger partial charge in [-0.3, -0.25) is 14.8 Å². The Bertz CT molecular complexity index is 1220. The molecular formula is C26H24N2O5. The molecule has 1 atom stereocenters. The normalized spacial score (nSPS) is 11.8. The minimum absolute atomic E-state index is 0.202. The first-order valence-electron chi connectivity index (χ1n) is 10.3. The molecule has 0 aliphatic rings. The highest BCUT2D eigenvalue weighted by Gasteiger charge is 2.25. The van der Waals surface area contributed by atoms with E-state index in [1.54, 1.807) is 44.9 Å². The van der Waals surface area contributed by atoms with Crippen LogP contribution >= 0.6 is 0 Å². The number of ketones is 1. The number of benzene rings is 2. The van der Waals surface area contributed by atoms with E-state index < -0.39 is 6.10 Å². The molecule has 2 aromatic heterocycles. The van der Waals surface area contributed by atoms with E-state index in [0.717, 1.165) is 22.4 Å². The number of methoxy groups -OCH3 is 3. The first kappa shape index (κ1) is 22.2. The van der Waals surface area contributed by atoms with Crippen LogP contribution in [0.5, 0.6) is 11.5 Å². The van der Waals surface area contributed by atoms with Gasteiger partial charge >= 0.3 is 0 Å². The fraction of sp³-hybridized carbons (Fsp3) is 0.192. The van der Waals surface area contributed by atoms with Crippen LogP contribution in [0.1, 0.15) is 27.8 Å². The predicted octanol–water partition coefficient (Wildman–Crippen LogP) is 5.30. The number of nitrogens with zero attached hydrogens (tertiary/aromatic N) is 2. The van der Waals surface area contributed by atoms with Gasteiger partial charge in [0.25, 0.3) is 0 Å². The third kappa shape index (κ3) is 4.49. The molecule has 168 valence electrons. The van der Waals surface area contributed by atoms with E-state index in [4.69, 9.17) is 18.6 Å². The Hall–Kier alpha value is -3.97. The average molecular weight is 444 g/mol. The quantitative estimate of drug-likeness (QED) is 0.341. The van der Waals surface area contributed by atoms with Gasteiger partial charge < -0.3 is 18.6 Å². The van der Waals surface area contributed by atoms with Gasteiger partial charge in [0.05, 0.1) is 26.1 Å². The van der Waals surface area contributed by atoms with Crippen molar-refractivity contribution in [2.75, 3.05) is 21.3 Å². The lowest BCUT2D eigenvalue weighted by Crippen LogP contribution is -2.14. The van der Waals surface area contributed by atoms with Crippen LogP contribution in [0.4, 0.5) is 0 Å². The highest BCUT2D eigenvalue weighted by molar-refractivity contribution is 5.98. The lowest BCUT2D eigenvalue weighted by Gasteiger charge is -2.14. The summed E-state index contributed by atoms with van der Waals surface area (Å²) >= 11 is 0. The SMILES string of the molecule is COc1cc(-c2ccc(C(=O)C(OC)c3ccc(-c4cnccn4)cc3)o2)cc(OC)c1C. The molecule has 2 heterocycles. The Labute approximate surface area is 192 Å². The topological polar surface area (TPSA) is 83.7 Å². The summed E-state index contributed by atoms with van der Waals surface area (Å²) < 4.78 is 22.3. The first-order chi connectivity index (χ1) is 16.0. The number of carbonyl (C=O) groups excluding carboxylic acids is 1. The summed E-state index contributed by atoms with van der Waals surface area (Å²) in [6.07, 6.45) is 4.14. The van der Waals surface area contributed by atoms with Crippen molar-refractivity contribution in [3.05, 3.63) is 84.0 Å². The second kappa shape index (κ2) is 9.67. The van der Waals surface area contributed by atoms with Gasteiger partial charge in [-0.15, -0.1) is 0 Å². The van der Waals surface area contributed by atoms with E-state index >= 15 is 0 Å². The number of rotatable bonds is 8. The van der Waals surface area contributed by atoms with Crippen molar-refractivity contribution in [1.82, 2.24) is 9.97 Å². The summed E-state index contributed by atoms with van der Waals surface area (Å²) in [5, 5.41) is 0. The molecule has 7 heteroatoms. The van der Waals surface area contributed by atoms with Crippen LogP contribution in [0.2, 0.25) is 0 Å². The van der Waals surface area contributed by atoms with E-state index in [1.807, 2.05) is 43.3 Å². The van der Waals surface area contributed by atoms with Crippen LogP contribution in [0.3, 0.4) is 0 Å². The minimum atomic E-state index is -0.804. The maximum atomic E-state index is 13.2. The Morgan fingerprint density at radius 1 is 0.909 bits per heavy atom. The van der Waals surface area contributed by atoms with Gasteiger partial charge in [0.1, 0.15) is 23.4 Å². The number of ether oxygens (including phenoxy) is 3. The molecule has 0 amide bonds. The van der Waals surface area contributed by atoms with Gasteiger partial charge in [-0.05, 0) is 36.8 Å². The number of aromatic nitrogens is 2. The highest BCUT2D eigenvalue weighted by Crippen LogP contribution is 2.35. The third-order valence-electron chi connectivity index (χ3n) is 5.43. The van der Waals surface area contributed by atoms with E-state index in [0.29, 0.717) is 22.8 Å². The van der Waals surface area contributed by atoms with Gasteiger partial charge in [-0.1, -0.05) is 24.3 Å². The molecule has 0 radical (unpaired) electrons. The molecule has 0 spiro atoms.